The van der Waals surface area contributed by atoms with E-state index in [0.717, 1.165) is 44.0 Å². The molecule has 0 radical (unpaired) electrons. The summed E-state index contributed by atoms with van der Waals surface area (Å²) in [5.41, 5.74) is 6.27. The minimum Gasteiger partial charge on any atom is -0.493 e. The van der Waals surface area contributed by atoms with Crippen molar-refractivity contribution in [3.63, 3.8) is 0 Å². The van der Waals surface area contributed by atoms with Gasteiger partial charge in [0.25, 0.3) is 0 Å². The summed E-state index contributed by atoms with van der Waals surface area (Å²) in [6, 6.07) is 5.96. The van der Waals surface area contributed by atoms with Gasteiger partial charge in [0.1, 0.15) is 6.61 Å². The standard InChI is InChI=1S/C20H33N5O4/c1-3-22-20(24-16-6-8-25(9-7-16)14-19(21)27)23-13-15-4-5-17(29-11-10-26)18(12-15)28-2/h4-5,12,16,26H,3,6-11,13-14H2,1-2H3,(H2,21,27)(H2,22,23,24). The first kappa shape index (κ1) is 22.8. The third-order valence-corrected chi connectivity index (χ3v) is 4.65. The van der Waals surface area contributed by atoms with Crippen LogP contribution in [-0.2, 0) is 11.3 Å². The number of piperidine rings is 1. The van der Waals surface area contributed by atoms with Crippen molar-refractivity contribution in [2.24, 2.45) is 10.7 Å². The lowest BCUT2D eigenvalue weighted by atomic mass is 10.1. The molecule has 1 saturated heterocycles. The quantitative estimate of drug-likeness (QED) is 0.320. The van der Waals surface area contributed by atoms with E-state index in [1.807, 2.05) is 25.1 Å². The molecule has 162 valence electrons. The number of rotatable bonds is 10. The van der Waals surface area contributed by atoms with Crippen LogP contribution in [0.5, 0.6) is 11.5 Å². The van der Waals surface area contributed by atoms with E-state index in [2.05, 4.69) is 20.5 Å². The Bertz CT molecular complexity index is 675. The van der Waals surface area contributed by atoms with Gasteiger partial charge in [0.2, 0.25) is 5.91 Å². The fourth-order valence-corrected chi connectivity index (χ4v) is 3.22. The van der Waals surface area contributed by atoms with E-state index >= 15 is 0 Å². The number of nitrogens with two attached hydrogens (primary N) is 1. The lowest BCUT2D eigenvalue weighted by Crippen LogP contribution is -2.49. The summed E-state index contributed by atoms with van der Waals surface area (Å²) < 4.78 is 10.8. The molecule has 1 amide bonds. The second-order valence-corrected chi connectivity index (χ2v) is 6.91. The summed E-state index contributed by atoms with van der Waals surface area (Å²) in [5, 5.41) is 15.7. The number of hydrogen-bond acceptors (Lipinski definition) is 6. The van der Waals surface area contributed by atoms with Gasteiger partial charge < -0.3 is 30.9 Å². The van der Waals surface area contributed by atoms with E-state index < -0.39 is 0 Å². The van der Waals surface area contributed by atoms with Crippen LogP contribution in [0.25, 0.3) is 0 Å². The largest absolute Gasteiger partial charge is 0.493 e. The molecule has 5 N–H and O–H groups in total. The topological polar surface area (TPSA) is 121 Å². The Morgan fingerprint density at radius 3 is 2.72 bits per heavy atom. The second kappa shape index (κ2) is 12.1. The molecule has 1 aliphatic rings. The molecule has 1 aliphatic heterocycles. The molecule has 0 aromatic heterocycles. The Morgan fingerprint density at radius 1 is 1.34 bits per heavy atom. The number of carbonyl (C=O) groups excluding carboxylic acids is 1. The van der Waals surface area contributed by atoms with Crippen molar-refractivity contribution < 1.29 is 19.4 Å². The van der Waals surface area contributed by atoms with Crippen LogP contribution in [0.1, 0.15) is 25.3 Å². The van der Waals surface area contributed by atoms with E-state index in [0.29, 0.717) is 30.6 Å². The van der Waals surface area contributed by atoms with Crippen LogP contribution < -0.4 is 25.8 Å². The predicted molar refractivity (Wildman–Crippen MR) is 112 cm³/mol. The number of amides is 1. The first-order valence-corrected chi connectivity index (χ1v) is 10.0. The number of nitrogens with zero attached hydrogens (tertiary/aromatic N) is 2. The van der Waals surface area contributed by atoms with Gasteiger partial charge in [0.15, 0.2) is 17.5 Å². The molecule has 1 aromatic carbocycles. The van der Waals surface area contributed by atoms with Crippen molar-refractivity contribution in [1.29, 1.82) is 0 Å². The van der Waals surface area contributed by atoms with Crippen LogP contribution >= 0.6 is 0 Å². The summed E-state index contributed by atoms with van der Waals surface area (Å²) in [7, 11) is 1.59. The van der Waals surface area contributed by atoms with Crippen molar-refractivity contribution in [3.8, 4) is 11.5 Å². The van der Waals surface area contributed by atoms with Crippen LogP contribution in [0.3, 0.4) is 0 Å². The molecule has 9 heteroatoms. The normalized spacial score (nSPS) is 15.8. The van der Waals surface area contributed by atoms with Gasteiger partial charge in [-0.3, -0.25) is 9.69 Å². The minimum absolute atomic E-state index is 0.0472. The Hall–Kier alpha value is -2.52. The third kappa shape index (κ3) is 7.78. The number of aliphatic imine (C=N–C) groups is 1. The highest BCUT2D eigenvalue weighted by atomic mass is 16.5. The average Bonchev–Trinajstić information content (AvgIpc) is 2.72. The number of ether oxygens (including phenoxy) is 2. The summed E-state index contributed by atoms with van der Waals surface area (Å²) >= 11 is 0. The number of primary amides is 1. The number of aliphatic hydroxyl groups excluding tert-OH is 1. The van der Waals surface area contributed by atoms with Gasteiger partial charge in [0, 0.05) is 25.7 Å². The zero-order valence-corrected chi connectivity index (χ0v) is 17.3. The van der Waals surface area contributed by atoms with Gasteiger partial charge in [-0.1, -0.05) is 6.07 Å². The highest BCUT2D eigenvalue weighted by Crippen LogP contribution is 2.28. The Morgan fingerprint density at radius 2 is 2.10 bits per heavy atom. The number of nitrogens with one attached hydrogen (secondary N) is 2. The van der Waals surface area contributed by atoms with Gasteiger partial charge in [-0.2, -0.15) is 0 Å². The van der Waals surface area contributed by atoms with Crippen LogP contribution in [-0.4, -0.2) is 74.4 Å². The number of hydrogen-bond donors (Lipinski definition) is 4. The molecule has 9 nitrogen and oxygen atoms in total. The zero-order valence-electron chi connectivity index (χ0n) is 17.3. The van der Waals surface area contributed by atoms with Crippen molar-refractivity contribution in [3.05, 3.63) is 23.8 Å². The molecule has 0 saturated carbocycles. The lowest BCUT2D eigenvalue weighted by Gasteiger charge is -2.32. The summed E-state index contributed by atoms with van der Waals surface area (Å²) in [6.07, 6.45) is 1.87. The van der Waals surface area contributed by atoms with Gasteiger partial charge >= 0.3 is 0 Å². The Labute approximate surface area is 172 Å². The van der Waals surface area contributed by atoms with Crippen molar-refractivity contribution in [1.82, 2.24) is 15.5 Å². The molecule has 0 spiro atoms. The van der Waals surface area contributed by atoms with Crippen molar-refractivity contribution in [2.75, 3.05) is 46.5 Å². The number of carbonyl (C=O) groups is 1. The van der Waals surface area contributed by atoms with E-state index in [-0.39, 0.29) is 19.1 Å². The highest BCUT2D eigenvalue weighted by Gasteiger charge is 2.20. The number of guanidine groups is 1. The summed E-state index contributed by atoms with van der Waals surface area (Å²) in [6.45, 7) is 5.47. The molecule has 1 fully saturated rings. The van der Waals surface area contributed by atoms with Crippen LogP contribution in [0, 0.1) is 0 Å². The van der Waals surface area contributed by atoms with Crippen LogP contribution in [0.2, 0.25) is 0 Å². The fourth-order valence-electron chi connectivity index (χ4n) is 3.22. The maximum absolute atomic E-state index is 11.1. The first-order valence-electron chi connectivity index (χ1n) is 10.0. The van der Waals surface area contributed by atoms with Gasteiger partial charge in [-0.05, 0) is 37.5 Å². The number of benzene rings is 1. The first-order chi connectivity index (χ1) is 14.0. The molecule has 0 atom stereocenters. The SMILES string of the molecule is CCNC(=NCc1ccc(OCCO)c(OC)c1)NC1CCN(CC(N)=O)CC1. The smallest absolute Gasteiger partial charge is 0.231 e. The second-order valence-electron chi connectivity index (χ2n) is 6.91. The van der Waals surface area contributed by atoms with E-state index in [1.165, 1.54) is 0 Å². The maximum Gasteiger partial charge on any atom is 0.231 e. The molecular weight excluding hydrogens is 374 g/mol. The molecule has 0 bridgehead atoms. The molecule has 0 unspecified atom stereocenters. The summed E-state index contributed by atoms with van der Waals surface area (Å²) in [4.78, 5) is 17.8. The molecule has 2 rings (SSSR count). The monoisotopic (exact) mass is 407 g/mol. The molecule has 0 aliphatic carbocycles. The van der Waals surface area contributed by atoms with Crippen LogP contribution in [0.4, 0.5) is 0 Å². The van der Waals surface area contributed by atoms with E-state index in [1.54, 1.807) is 7.11 Å². The van der Waals surface area contributed by atoms with Crippen molar-refractivity contribution in [2.45, 2.75) is 32.4 Å². The molecule has 29 heavy (non-hydrogen) atoms. The Kier molecular flexibility index (Phi) is 9.52. The molecule has 1 heterocycles. The summed E-state index contributed by atoms with van der Waals surface area (Å²) in [5.74, 6) is 1.70. The molecular formula is C20H33N5O4. The zero-order chi connectivity index (χ0) is 21.1. The van der Waals surface area contributed by atoms with Gasteiger partial charge in [-0.25, -0.2) is 4.99 Å². The molecule has 1 aromatic rings. The van der Waals surface area contributed by atoms with Gasteiger partial charge in [0.05, 0.1) is 26.8 Å². The predicted octanol–water partition coefficient (Wildman–Crippen LogP) is 0.0711. The van der Waals surface area contributed by atoms with E-state index in [9.17, 15) is 4.79 Å². The minimum atomic E-state index is -0.283. The number of aliphatic hydroxyl groups is 1. The average molecular weight is 408 g/mol. The lowest BCUT2D eigenvalue weighted by molar-refractivity contribution is -0.119. The number of likely N-dealkylation sites (tertiary alicyclic amines) is 1. The van der Waals surface area contributed by atoms with Gasteiger partial charge in [-0.15, -0.1) is 0 Å². The Balaban J connectivity index is 1.94. The fraction of sp³-hybridized carbons (Fsp3) is 0.600. The number of methoxy groups -OCH3 is 1. The van der Waals surface area contributed by atoms with Crippen molar-refractivity contribution >= 4 is 11.9 Å². The highest BCUT2D eigenvalue weighted by molar-refractivity contribution is 5.80. The van der Waals surface area contributed by atoms with E-state index in [4.69, 9.17) is 20.3 Å². The maximum atomic E-state index is 11.1. The third-order valence-electron chi connectivity index (χ3n) is 4.65. The van der Waals surface area contributed by atoms with Crippen LogP contribution in [0.15, 0.2) is 23.2 Å².